The standard InChI is InChI=1S/C21H16N6OS/c28-19(22-16-9-5-2-6-10-16)14-29-21-24-23-20-18-13-17(15-7-3-1-4-8-15)25-27(18)12-11-26(20)21/h1-13H,14H2,(H,22,28). The van der Waals surface area contributed by atoms with Crippen LogP contribution in [0.1, 0.15) is 0 Å². The Kier molecular flexibility index (Phi) is 4.45. The molecular formula is C21H16N6OS. The zero-order valence-corrected chi connectivity index (χ0v) is 16.1. The highest BCUT2D eigenvalue weighted by molar-refractivity contribution is 7.99. The fourth-order valence-corrected chi connectivity index (χ4v) is 3.81. The van der Waals surface area contributed by atoms with Crippen molar-refractivity contribution in [2.45, 2.75) is 5.16 Å². The smallest absolute Gasteiger partial charge is 0.234 e. The maximum absolute atomic E-state index is 12.2. The van der Waals surface area contributed by atoms with Gasteiger partial charge in [0.1, 0.15) is 5.52 Å². The molecule has 142 valence electrons. The van der Waals surface area contributed by atoms with Crippen LogP contribution in [0, 0.1) is 0 Å². The van der Waals surface area contributed by atoms with Crippen molar-refractivity contribution < 1.29 is 4.79 Å². The van der Waals surface area contributed by atoms with E-state index in [0.717, 1.165) is 22.5 Å². The number of nitrogens with zero attached hydrogens (tertiary/aromatic N) is 5. The number of fused-ring (bicyclic) bond motifs is 3. The Labute approximate surface area is 170 Å². The summed E-state index contributed by atoms with van der Waals surface area (Å²) in [6, 6.07) is 21.4. The third-order valence-electron chi connectivity index (χ3n) is 4.45. The predicted octanol–water partition coefficient (Wildman–Crippen LogP) is 3.77. The molecule has 0 aliphatic rings. The van der Waals surface area contributed by atoms with Gasteiger partial charge in [-0.25, -0.2) is 4.52 Å². The molecule has 7 nitrogen and oxygen atoms in total. The van der Waals surface area contributed by atoms with Gasteiger partial charge in [0, 0.05) is 23.6 Å². The molecule has 3 heterocycles. The Morgan fingerprint density at radius 1 is 0.966 bits per heavy atom. The van der Waals surface area contributed by atoms with Crippen molar-refractivity contribution in [1.82, 2.24) is 24.2 Å². The van der Waals surface area contributed by atoms with Crippen LogP contribution in [0.5, 0.6) is 0 Å². The zero-order valence-electron chi connectivity index (χ0n) is 15.3. The van der Waals surface area contributed by atoms with E-state index >= 15 is 0 Å². The van der Waals surface area contributed by atoms with Crippen LogP contribution >= 0.6 is 11.8 Å². The molecule has 0 spiro atoms. The van der Waals surface area contributed by atoms with Crippen LogP contribution < -0.4 is 5.32 Å². The number of rotatable bonds is 5. The molecule has 0 aliphatic carbocycles. The first kappa shape index (κ1) is 17.4. The van der Waals surface area contributed by atoms with Crippen molar-refractivity contribution in [2.75, 3.05) is 11.1 Å². The largest absolute Gasteiger partial charge is 0.325 e. The molecule has 0 fully saturated rings. The Balaban J connectivity index is 1.39. The van der Waals surface area contributed by atoms with Crippen LogP contribution in [0.2, 0.25) is 0 Å². The number of para-hydroxylation sites is 1. The second-order valence-corrected chi connectivity index (χ2v) is 7.35. The fraction of sp³-hybridized carbons (Fsp3) is 0.0476. The molecule has 0 saturated heterocycles. The van der Waals surface area contributed by atoms with Gasteiger partial charge in [0.2, 0.25) is 5.91 Å². The minimum Gasteiger partial charge on any atom is -0.325 e. The molecule has 5 rings (SSSR count). The Bertz CT molecular complexity index is 1300. The van der Waals surface area contributed by atoms with Crippen molar-refractivity contribution in [3.8, 4) is 11.3 Å². The van der Waals surface area contributed by atoms with Crippen LogP contribution in [0.4, 0.5) is 5.69 Å². The quantitative estimate of drug-likeness (QED) is 0.455. The lowest BCUT2D eigenvalue weighted by atomic mass is 10.1. The van der Waals surface area contributed by atoms with Gasteiger partial charge in [0.15, 0.2) is 10.8 Å². The van der Waals surface area contributed by atoms with Crippen molar-refractivity contribution in [1.29, 1.82) is 0 Å². The van der Waals surface area contributed by atoms with Crippen LogP contribution in [-0.4, -0.2) is 35.9 Å². The lowest BCUT2D eigenvalue weighted by molar-refractivity contribution is -0.113. The summed E-state index contributed by atoms with van der Waals surface area (Å²) in [6.45, 7) is 0. The van der Waals surface area contributed by atoms with E-state index in [1.54, 1.807) is 4.52 Å². The van der Waals surface area contributed by atoms with E-state index in [4.69, 9.17) is 0 Å². The van der Waals surface area contributed by atoms with Gasteiger partial charge in [0.25, 0.3) is 0 Å². The lowest BCUT2D eigenvalue weighted by Crippen LogP contribution is -2.14. The highest BCUT2D eigenvalue weighted by Gasteiger charge is 2.14. The van der Waals surface area contributed by atoms with E-state index in [-0.39, 0.29) is 11.7 Å². The van der Waals surface area contributed by atoms with Crippen molar-refractivity contribution >= 4 is 34.5 Å². The van der Waals surface area contributed by atoms with E-state index < -0.39 is 0 Å². The topological polar surface area (TPSA) is 76.6 Å². The molecule has 0 saturated carbocycles. The Morgan fingerprint density at radius 3 is 2.52 bits per heavy atom. The third kappa shape index (κ3) is 3.45. The zero-order chi connectivity index (χ0) is 19.6. The number of anilines is 1. The minimum absolute atomic E-state index is 0.0882. The van der Waals surface area contributed by atoms with Gasteiger partial charge in [-0.2, -0.15) is 5.10 Å². The second kappa shape index (κ2) is 7.40. The van der Waals surface area contributed by atoms with Crippen LogP contribution in [0.3, 0.4) is 0 Å². The summed E-state index contributed by atoms with van der Waals surface area (Å²) < 4.78 is 3.68. The number of carbonyl (C=O) groups is 1. The van der Waals surface area contributed by atoms with Gasteiger partial charge in [-0.05, 0) is 18.2 Å². The first-order chi connectivity index (χ1) is 14.3. The van der Waals surface area contributed by atoms with E-state index in [9.17, 15) is 4.79 Å². The number of carbonyl (C=O) groups excluding carboxylic acids is 1. The van der Waals surface area contributed by atoms with Crippen molar-refractivity contribution in [3.05, 3.63) is 79.1 Å². The predicted molar refractivity (Wildman–Crippen MR) is 113 cm³/mol. The summed E-state index contributed by atoms with van der Waals surface area (Å²) in [7, 11) is 0. The van der Waals surface area contributed by atoms with E-state index in [1.165, 1.54) is 11.8 Å². The molecule has 0 radical (unpaired) electrons. The molecule has 0 bridgehead atoms. The minimum atomic E-state index is -0.0882. The average molecular weight is 400 g/mol. The highest BCUT2D eigenvalue weighted by atomic mass is 32.2. The SMILES string of the molecule is O=C(CSc1nnc2c3cc(-c4ccccc4)nn3ccn12)Nc1ccccc1. The van der Waals surface area contributed by atoms with Gasteiger partial charge in [-0.15, -0.1) is 10.2 Å². The normalized spacial score (nSPS) is 11.2. The van der Waals surface area contributed by atoms with Crippen LogP contribution in [-0.2, 0) is 4.79 Å². The molecule has 0 aliphatic heterocycles. The molecule has 0 atom stereocenters. The number of amides is 1. The maximum atomic E-state index is 12.2. The first-order valence-corrected chi connectivity index (χ1v) is 10.0. The molecular weight excluding hydrogens is 384 g/mol. The first-order valence-electron chi connectivity index (χ1n) is 9.04. The summed E-state index contributed by atoms with van der Waals surface area (Å²) in [4.78, 5) is 12.2. The van der Waals surface area contributed by atoms with E-state index in [2.05, 4.69) is 20.6 Å². The third-order valence-corrected chi connectivity index (χ3v) is 5.39. The van der Waals surface area contributed by atoms with E-state index in [1.807, 2.05) is 83.5 Å². The number of benzene rings is 2. The number of aromatic nitrogens is 5. The van der Waals surface area contributed by atoms with Gasteiger partial charge >= 0.3 is 0 Å². The number of hydrogen-bond donors (Lipinski definition) is 1. The monoisotopic (exact) mass is 400 g/mol. The van der Waals surface area contributed by atoms with Crippen LogP contribution in [0.15, 0.2) is 84.3 Å². The van der Waals surface area contributed by atoms with Gasteiger partial charge in [0.05, 0.1) is 11.4 Å². The van der Waals surface area contributed by atoms with Crippen molar-refractivity contribution in [3.63, 3.8) is 0 Å². The highest BCUT2D eigenvalue weighted by Crippen LogP contribution is 2.24. The average Bonchev–Trinajstić information content (AvgIpc) is 3.37. The second-order valence-electron chi connectivity index (χ2n) is 6.40. The van der Waals surface area contributed by atoms with Gasteiger partial charge < -0.3 is 5.32 Å². The summed E-state index contributed by atoms with van der Waals surface area (Å²) in [5, 5.41) is 16.7. The molecule has 29 heavy (non-hydrogen) atoms. The Hall–Kier alpha value is -3.65. The van der Waals surface area contributed by atoms with Gasteiger partial charge in [-0.3, -0.25) is 9.20 Å². The maximum Gasteiger partial charge on any atom is 0.234 e. The molecule has 0 unspecified atom stereocenters. The van der Waals surface area contributed by atoms with Gasteiger partial charge in [-0.1, -0.05) is 60.3 Å². The van der Waals surface area contributed by atoms with E-state index in [0.29, 0.717) is 10.8 Å². The van der Waals surface area contributed by atoms with Crippen LogP contribution in [0.25, 0.3) is 22.4 Å². The Morgan fingerprint density at radius 2 is 1.72 bits per heavy atom. The molecule has 1 N–H and O–H groups in total. The number of hydrogen-bond acceptors (Lipinski definition) is 5. The lowest BCUT2D eigenvalue weighted by Gasteiger charge is -2.04. The number of thioether (sulfide) groups is 1. The summed E-state index contributed by atoms with van der Waals surface area (Å²) >= 11 is 1.34. The summed E-state index contributed by atoms with van der Waals surface area (Å²) in [6.07, 6.45) is 3.73. The molecule has 5 aromatic rings. The fourth-order valence-electron chi connectivity index (χ4n) is 3.09. The molecule has 1 amide bonds. The molecule has 8 heteroatoms. The van der Waals surface area contributed by atoms with Crippen molar-refractivity contribution in [2.24, 2.45) is 0 Å². The molecule has 3 aromatic heterocycles. The summed E-state index contributed by atoms with van der Waals surface area (Å²) in [5.74, 6) is 0.157. The summed E-state index contributed by atoms with van der Waals surface area (Å²) in [5.41, 5.74) is 4.25. The number of nitrogens with one attached hydrogen (secondary N) is 1. The molecule has 2 aromatic carbocycles.